The third-order valence-corrected chi connectivity index (χ3v) is 9.60. The Morgan fingerprint density at radius 1 is 0.981 bits per heavy atom. The number of phenolic OH excluding ortho intramolecular Hbond substituents is 2. The average molecular weight is 734 g/mol. The van der Waals surface area contributed by atoms with Crippen LogP contribution in [0.15, 0.2) is 70.7 Å². The van der Waals surface area contributed by atoms with E-state index in [1.165, 1.54) is 12.1 Å². The van der Waals surface area contributed by atoms with Crippen molar-refractivity contribution in [1.29, 1.82) is 0 Å². The zero-order valence-corrected chi connectivity index (χ0v) is 28.1. The number of benzene rings is 3. The van der Waals surface area contributed by atoms with Crippen LogP contribution in [0, 0.1) is 0 Å². The number of carbonyl (C=O) groups is 2. The van der Waals surface area contributed by atoms with E-state index in [0.717, 1.165) is 28.7 Å². The van der Waals surface area contributed by atoms with E-state index in [9.17, 15) is 55.5 Å². The summed E-state index contributed by atoms with van der Waals surface area (Å²) in [7, 11) is 0. The van der Waals surface area contributed by atoms with E-state index in [1.54, 1.807) is 42.6 Å². The molecule has 3 aliphatic heterocycles. The van der Waals surface area contributed by atoms with Gasteiger partial charge in [0.1, 0.15) is 36.8 Å². The number of carboxylic acid groups (broad SMARTS) is 1. The van der Waals surface area contributed by atoms with Crippen LogP contribution < -0.4 is 9.64 Å². The van der Waals surface area contributed by atoms with Crippen molar-refractivity contribution in [3.8, 4) is 17.2 Å². The summed E-state index contributed by atoms with van der Waals surface area (Å²) in [5, 5.41) is 93.7. The molecular weight excluding hydrogens is 694 g/mol. The smallest absolute Gasteiger partial charge is 0.355 e. The summed E-state index contributed by atoms with van der Waals surface area (Å²) in [5.41, 5.74) is 3.28. The van der Waals surface area contributed by atoms with Gasteiger partial charge in [-0.1, -0.05) is 30.3 Å². The van der Waals surface area contributed by atoms with Gasteiger partial charge in [0.05, 0.1) is 24.6 Å². The fourth-order valence-electron chi connectivity index (χ4n) is 6.86. The van der Waals surface area contributed by atoms with Crippen molar-refractivity contribution in [2.75, 3.05) is 18.2 Å². The second-order valence-electron chi connectivity index (χ2n) is 12.9. The zero-order valence-electron chi connectivity index (χ0n) is 28.1. The Hall–Kier alpha value is -5.20. The Kier molecular flexibility index (Phi) is 10.9. The molecule has 0 aliphatic carbocycles. The summed E-state index contributed by atoms with van der Waals surface area (Å²) in [5.74, 6) is -7.42. The number of aliphatic hydroxyl groups is 6. The van der Waals surface area contributed by atoms with E-state index in [4.69, 9.17) is 9.47 Å². The Balaban J connectivity index is 1.37. The number of phenols is 2. The van der Waals surface area contributed by atoms with Gasteiger partial charge in [-0.05, 0) is 59.4 Å². The predicted molar refractivity (Wildman–Crippen MR) is 188 cm³/mol. The van der Waals surface area contributed by atoms with Crippen molar-refractivity contribution < 1.29 is 65.0 Å². The van der Waals surface area contributed by atoms with Gasteiger partial charge in [0, 0.05) is 36.3 Å². The molecule has 3 aliphatic rings. The lowest BCUT2D eigenvalue weighted by atomic mass is 9.87. The van der Waals surface area contributed by atoms with Crippen LogP contribution in [0.4, 0.5) is 5.69 Å². The molecule has 0 radical (unpaired) electrons. The Bertz CT molecular complexity index is 1960. The number of carbonyl (C=O) groups excluding carboxylic acids is 1. The van der Waals surface area contributed by atoms with Crippen LogP contribution in [0.2, 0.25) is 0 Å². The molecule has 0 unspecified atom stereocenters. The number of ether oxygens (including phenoxy) is 2. The summed E-state index contributed by atoms with van der Waals surface area (Å²) in [4.78, 5) is 36.3. The number of aliphatic hydroxyl groups excluding tert-OH is 5. The van der Waals surface area contributed by atoms with Gasteiger partial charge in [-0.2, -0.15) is 0 Å². The lowest BCUT2D eigenvalue weighted by Crippen LogP contribution is -2.67. The molecule has 6 rings (SSSR count). The number of hydrogen-bond donors (Lipinski definition) is 9. The van der Waals surface area contributed by atoms with Gasteiger partial charge >= 0.3 is 11.9 Å². The minimum atomic E-state index is -3.11. The number of hydrogen-bond acceptors (Lipinski definition) is 14. The first-order chi connectivity index (χ1) is 25.3. The average Bonchev–Trinajstić information content (AvgIpc) is 3.77. The molecule has 3 heterocycles. The van der Waals surface area contributed by atoms with Gasteiger partial charge in [0.15, 0.2) is 17.6 Å². The molecule has 1 fully saturated rings. The number of aromatic hydroxyl groups is 2. The molecule has 0 bridgehead atoms. The molecule has 16 nitrogen and oxygen atoms in total. The summed E-state index contributed by atoms with van der Waals surface area (Å²) < 4.78 is 10.6. The van der Waals surface area contributed by atoms with E-state index in [1.807, 2.05) is 0 Å². The van der Waals surface area contributed by atoms with Crippen molar-refractivity contribution in [3.05, 3.63) is 88.5 Å². The minimum Gasteiger partial charge on any atom is -0.508 e. The maximum atomic E-state index is 14.1. The molecule has 0 aromatic heterocycles. The van der Waals surface area contributed by atoms with Crippen LogP contribution in [-0.2, 0) is 33.8 Å². The highest BCUT2D eigenvalue weighted by molar-refractivity contribution is 6.32. The van der Waals surface area contributed by atoms with Crippen molar-refractivity contribution in [2.45, 2.75) is 68.2 Å². The number of rotatable bonds is 12. The molecule has 0 saturated carbocycles. The largest absolute Gasteiger partial charge is 0.508 e. The molecular formula is C37H39N3O13. The Morgan fingerprint density at radius 3 is 2.42 bits per heavy atom. The fraction of sp³-hybridized carbons (Fsp3) is 0.351. The number of aryl methyl sites for hydroxylation is 1. The molecule has 3 aromatic rings. The van der Waals surface area contributed by atoms with E-state index in [-0.39, 0.29) is 36.4 Å². The molecule has 9 N–H and O–H groups in total. The van der Waals surface area contributed by atoms with Crippen molar-refractivity contribution in [1.82, 2.24) is 0 Å². The van der Waals surface area contributed by atoms with Crippen molar-refractivity contribution >= 4 is 35.6 Å². The normalized spacial score (nSPS) is 26.5. The second-order valence-corrected chi connectivity index (χ2v) is 12.9. The third-order valence-electron chi connectivity index (χ3n) is 9.60. The molecule has 280 valence electrons. The first-order valence-electron chi connectivity index (χ1n) is 16.7. The van der Waals surface area contributed by atoms with Crippen LogP contribution in [0.5, 0.6) is 17.2 Å². The number of fused-ring (bicyclic) bond motifs is 1. The number of nitrogens with zero attached hydrogens (tertiary/aromatic N) is 3. The van der Waals surface area contributed by atoms with Crippen molar-refractivity contribution in [3.63, 3.8) is 0 Å². The summed E-state index contributed by atoms with van der Waals surface area (Å²) in [6.07, 6.45) is -2.86. The van der Waals surface area contributed by atoms with Crippen LogP contribution in [0.1, 0.15) is 40.2 Å². The maximum Gasteiger partial charge on any atom is 0.355 e. The monoisotopic (exact) mass is 733 g/mol. The minimum absolute atomic E-state index is 0.00916. The van der Waals surface area contributed by atoms with Gasteiger partial charge in [-0.15, -0.1) is 0 Å². The number of amides is 1. The maximum absolute atomic E-state index is 14.1. The molecule has 3 aromatic carbocycles. The van der Waals surface area contributed by atoms with E-state index in [0.29, 0.717) is 35.5 Å². The molecule has 1 saturated heterocycles. The molecule has 53 heavy (non-hydrogen) atoms. The van der Waals surface area contributed by atoms with Gasteiger partial charge in [0.2, 0.25) is 0 Å². The Labute approximate surface area is 302 Å². The summed E-state index contributed by atoms with van der Waals surface area (Å²) >= 11 is 0. The highest BCUT2D eigenvalue weighted by Gasteiger charge is 2.56. The topological polar surface area (TPSA) is 263 Å². The van der Waals surface area contributed by atoms with Crippen LogP contribution >= 0.6 is 0 Å². The summed E-state index contributed by atoms with van der Waals surface area (Å²) in [6, 6.07) is 12.4. The first-order valence-corrected chi connectivity index (χ1v) is 16.7. The van der Waals surface area contributed by atoms with Gasteiger partial charge < -0.3 is 55.4 Å². The number of aliphatic carboxylic acids is 1. The zero-order chi connectivity index (χ0) is 38.0. The van der Waals surface area contributed by atoms with Crippen LogP contribution in [0.25, 0.3) is 6.08 Å². The lowest BCUT2D eigenvalue weighted by Gasteiger charge is -2.44. The number of carboxylic acids is 1. The van der Waals surface area contributed by atoms with E-state index >= 15 is 0 Å². The van der Waals surface area contributed by atoms with E-state index < -0.39 is 72.3 Å². The second kappa shape index (κ2) is 15.4. The molecule has 1 amide bonds. The highest BCUT2D eigenvalue weighted by atomic mass is 16.8. The highest BCUT2D eigenvalue weighted by Crippen LogP contribution is 2.49. The quantitative estimate of drug-likeness (QED) is 0.0900. The molecule has 0 spiro atoms. The SMILES string of the molecule is O=C(O)[C@H]1[C@@H](CCc2ccccc2CO)c2cc(O)c(O[C@]3(O)O[C@H](CO)[C@@H](O)[C@H](O)[C@H]3O)cc2N1C(=O)/C=C/c1ccc(O)c(CC2=NCN=C2)c1. The Morgan fingerprint density at radius 2 is 1.74 bits per heavy atom. The number of aliphatic imine (C=N–C) groups is 2. The van der Waals surface area contributed by atoms with E-state index in [2.05, 4.69) is 9.98 Å². The molecule has 16 heteroatoms. The fourth-order valence-corrected chi connectivity index (χ4v) is 6.86. The van der Waals surface area contributed by atoms with Gasteiger partial charge in [-0.3, -0.25) is 19.7 Å². The first kappa shape index (κ1) is 37.6. The standard InChI is InChI=1S/C37H39N3O13/c41-16-21-4-2-1-3-20(21)7-8-24-25-13-28(44)29(52-37(51)35(48)34(47)33(46)30(17-42)53-37)14-26(25)40(32(24)36(49)50)31(45)10-6-19-5-9-27(43)22(11-19)12-23-15-38-18-39-23/h1-6,9-11,13-15,24,30,32-35,41-44,46-48,51H,7-8,12,16-18H2,(H,49,50)/b10-6+/t24-,30+,32+,33+,34-,35+,37-/m0/s1. The van der Waals surface area contributed by atoms with Gasteiger partial charge in [-0.25, -0.2) is 4.79 Å². The van der Waals surface area contributed by atoms with Crippen LogP contribution in [-0.4, -0.2) is 119 Å². The predicted octanol–water partition coefficient (Wildman–Crippen LogP) is 0.344. The third kappa shape index (κ3) is 7.51. The van der Waals surface area contributed by atoms with Crippen molar-refractivity contribution in [2.24, 2.45) is 9.98 Å². The number of anilines is 1. The van der Waals surface area contributed by atoms with Gasteiger partial charge in [0.25, 0.3) is 5.91 Å². The lowest BCUT2D eigenvalue weighted by molar-refractivity contribution is -0.422. The summed E-state index contributed by atoms with van der Waals surface area (Å²) in [6.45, 7) is -0.849. The molecule has 7 atom stereocenters. The van der Waals surface area contributed by atoms with Crippen LogP contribution in [0.3, 0.4) is 0 Å².